The first kappa shape index (κ1) is 14.9. The van der Waals surface area contributed by atoms with Crippen LogP contribution in [0, 0.1) is 6.92 Å². The Labute approximate surface area is 111 Å². The molecule has 0 unspecified atom stereocenters. The number of thiazole rings is 1. The van der Waals surface area contributed by atoms with Crippen molar-refractivity contribution in [3.05, 3.63) is 10.6 Å². The number of nitrogens with one attached hydrogen (secondary N) is 1. The fourth-order valence-corrected chi connectivity index (χ4v) is 2.24. The van der Waals surface area contributed by atoms with Crippen LogP contribution in [0.15, 0.2) is 0 Å². The monoisotopic (exact) mass is 272 g/mol. The van der Waals surface area contributed by atoms with Crippen molar-refractivity contribution < 1.29 is 14.6 Å². The van der Waals surface area contributed by atoms with E-state index in [2.05, 4.69) is 10.3 Å². The maximum atomic E-state index is 10.8. The average molecular weight is 272 g/mol. The molecule has 0 aliphatic rings. The van der Waals surface area contributed by atoms with E-state index in [1.54, 1.807) is 6.92 Å². The van der Waals surface area contributed by atoms with Gasteiger partial charge in [-0.15, -0.1) is 0 Å². The normalized spacial score (nSPS) is 10.9. The quantitative estimate of drug-likeness (QED) is 0.712. The third-order valence-corrected chi connectivity index (χ3v) is 3.39. The van der Waals surface area contributed by atoms with Gasteiger partial charge in [0, 0.05) is 13.2 Å². The second-order valence-corrected chi connectivity index (χ2v) is 5.29. The molecule has 0 saturated heterocycles. The molecule has 0 bridgehead atoms. The molecule has 0 aromatic carbocycles. The van der Waals surface area contributed by atoms with Crippen LogP contribution in [-0.4, -0.2) is 35.3 Å². The first-order chi connectivity index (χ1) is 8.50. The van der Waals surface area contributed by atoms with Crippen LogP contribution in [0.3, 0.4) is 0 Å². The summed E-state index contributed by atoms with van der Waals surface area (Å²) in [7, 11) is 0. The Balaban J connectivity index is 2.23. The van der Waals surface area contributed by atoms with Gasteiger partial charge in [0.1, 0.15) is 4.88 Å². The predicted octanol–water partition coefficient (Wildman–Crippen LogP) is 2.77. The van der Waals surface area contributed by atoms with E-state index in [0.717, 1.165) is 26.0 Å². The molecule has 102 valence electrons. The van der Waals surface area contributed by atoms with Crippen LogP contribution in [-0.2, 0) is 4.74 Å². The van der Waals surface area contributed by atoms with Gasteiger partial charge in [-0.05, 0) is 33.6 Å². The topological polar surface area (TPSA) is 71.5 Å². The minimum Gasteiger partial charge on any atom is -0.477 e. The van der Waals surface area contributed by atoms with Crippen molar-refractivity contribution in [2.45, 2.75) is 39.7 Å². The predicted molar refractivity (Wildman–Crippen MR) is 72.6 cm³/mol. The van der Waals surface area contributed by atoms with E-state index in [1.165, 1.54) is 11.3 Å². The largest absolute Gasteiger partial charge is 0.477 e. The Bertz CT molecular complexity index is 391. The third kappa shape index (κ3) is 5.01. The summed E-state index contributed by atoms with van der Waals surface area (Å²) in [6.45, 7) is 7.29. The highest BCUT2D eigenvalue weighted by molar-refractivity contribution is 7.17. The highest BCUT2D eigenvalue weighted by atomic mass is 32.1. The molecule has 0 atom stereocenters. The number of hydrogen-bond acceptors (Lipinski definition) is 5. The molecule has 0 amide bonds. The molecule has 2 N–H and O–H groups in total. The number of aromatic carboxylic acids is 1. The molecule has 6 heteroatoms. The zero-order chi connectivity index (χ0) is 13.5. The molecule has 0 fully saturated rings. The summed E-state index contributed by atoms with van der Waals surface area (Å²) < 4.78 is 5.43. The van der Waals surface area contributed by atoms with Crippen LogP contribution in [0.25, 0.3) is 0 Å². The second-order valence-electron chi connectivity index (χ2n) is 4.29. The summed E-state index contributed by atoms with van der Waals surface area (Å²) in [4.78, 5) is 15.3. The minimum absolute atomic E-state index is 0.276. The van der Waals surface area contributed by atoms with Gasteiger partial charge in [-0.2, -0.15) is 0 Å². The molecule has 0 saturated carbocycles. The maximum absolute atomic E-state index is 10.8. The summed E-state index contributed by atoms with van der Waals surface area (Å²) in [5, 5.41) is 12.7. The number of anilines is 1. The average Bonchev–Trinajstić information content (AvgIpc) is 2.64. The Hall–Kier alpha value is -1.14. The standard InChI is InChI=1S/C12H20N2O3S/c1-8(2)17-7-5-4-6-13-12-14-9(3)10(18-12)11(15)16/h8H,4-7H2,1-3H3,(H,13,14)(H,15,16). The molecular formula is C12H20N2O3S. The number of rotatable bonds is 8. The highest BCUT2D eigenvalue weighted by Gasteiger charge is 2.13. The van der Waals surface area contributed by atoms with Crippen LogP contribution >= 0.6 is 11.3 Å². The van der Waals surface area contributed by atoms with Gasteiger partial charge in [0.2, 0.25) is 0 Å². The lowest BCUT2D eigenvalue weighted by atomic mass is 10.3. The van der Waals surface area contributed by atoms with Gasteiger partial charge in [0.15, 0.2) is 5.13 Å². The molecule has 5 nitrogen and oxygen atoms in total. The molecule has 1 rings (SSSR count). The van der Waals surface area contributed by atoms with Gasteiger partial charge in [-0.3, -0.25) is 0 Å². The van der Waals surface area contributed by atoms with E-state index >= 15 is 0 Å². The number of aryl methyl sites for hydroxylation is 1. The second kappa shape index (κ2) is 7.33. The number of carboxylic acids is 1. The fourth-order valence-electron chi connectivity index (χ4n) is 1.41. The lowest BCUT2D eigenvalue weighted by Gasteiger charge is -2.07. The van der Waals surface area contributed by atoms with Crippen molar-refractivity contribution in [3.63, 3.8) is 0 Å². The molecule has 1 heterocycles. The Morgan fingerprint density at radius 3 is 2.78 bits per heavy atom. The summed E-state index contributed by atoms with van der Waals surface area (Å²) in [6, 6.07) is 0. The van der Waals surface area contributed by atoms with Crippen molar-refractivity contribution in [3.8, 4) is 0 Å². The lowest BCUT2D eigenvalue weighted by molar-refractivity contribution is 0.0701. The molecule has 0 aliphatic heterocycles. The van der Waals surface area contributed by atoms with Crippen LogP contribution in [0.2, 0.25) is 0 Å². The number of ether oxygens (including phenoxy) is 1. The number of hydrogen-bond donors (Lipinski definition) is 2. The summed E-state index contributed by atoms with van der Waals surface area (Å²) in [5.74, 6) is -0.914. The van der Waals surface area contributed by atoms with E-state index in [1.807, 2.05) is 13.8 Å². The molecule has 0 aliphatic carbocycles. The number of aromatic nitrogens is 1. The summed E-state index contributed by atoms with van der Waals surface area (Å²) in [5.41, 5.74) is 0.568. The van der Waals surface area contributed by atoms with Crippen LogP contribution in [0.5, 0.6) is 0 Å². The molecule has 1 aromatic heterocycles. The van der Waals surface area contributed by atoms with Crippen LogP contribution in [0.4, 0.5) is 5.13 Å². The van der Waals surface area contributed by atoms with E-state index in [9.17, 15) is 4.79 Å². The van der Waals surface area contributed by atoms with Gasteiger partial charge < -0.3 is 15.2 Å². The van der Waals surface area contributed by atoms with Crippen molar-refractivity contribution in [2.24, 2.45) is 0 Å². The Morgan fingerprint density at radius 1 is 1.50 bits per heavy atom. The zero-order valence-corrected chi connectivity index (χ0v) is 11.8. The van der Waals surface area contributed by atoms with Crippen molar-refractivity contribution in [1.82, 2.24) is 4.98 Å². The van der Waals surface area contributed by atoms with E-state index in [-0.39, 0.29) is 6.10 Å². The van der Waals surface area contributed by atoms with E-state index < -0.39 is 5.97 Å². The number of carbonyl (C=O) groups is 1. The van der Waals surface area contributed by atoms with Crippen LogP contribution < -0.4 is 5.32 Å². The summed E-state index contributed by atoms with van der Waals surface area (Å²) in [6.07, 6.45) is 2.24. The smallest absolute Gasteiger partial charge is 0.347 e. The molecule has 0 radical (unpaired) electrons. The SMILES string of the molecule is Cc1nc(NCCCCOC(C)C)sc1C(=O)O. The molecule has 0 spiro atoms. The first-order valence-electron chi connectivity index (χ1n) is 6.07. The number of nitrogens with zero attached hydrogens (tertiary/aromatic N) is 1. The Morgan fingerprint density at radius 2 is 2.22 bits per heavy atom. The first-order valence-corrected chi connectivity index (χ1v) is 6.88. The van der Waals surface area contributed by atoms with Crippen molar-refractivity contribution in [1.29, 1.82) is 0 Å². The zero-order valence-electron chi connectivity index (χ0n) is 11.0. The maximum Gasteiger partial charge on any atom is 0.347 e. The fraction of sp³-hybridized carbons (Fsp3) is 0.667. The van der Waals surface area contributed by atoms with Gasteiger partial charge in [0.05, 0.1) is 11.8 Å². The van der Waals surface area contributed by atoms with Crippen LogP contribution in [0.1, 0.15) is 42.1 Å². The van der Waals surface area contributed by atoms with Gasteiger partial charge >= 0.3 is 5.97 Å². The highest BCUT2D eigenvalue weighted by Crippen LogP contribution is 2.22. The van der Waals surface area contributed by atoms with E-state index in [0.29, 0.717) is 15.7 Å². The van der Waals surface area contributed by atoms with Gasteiger partial charge in [0.25, 0.3) is 0 Å². The summed E-state index contributed by atoms with van der Waals surface area (Å²) >= 11 is 1.18. The van der Waals surface area contributed by atoms with E-state index in [4.69, 9.17) is 9.84 Å². The van der Waals surface area contributed by atoms with Crippen molar-refractivity contribution in [2.75, 3.05) is 18.5 Å². The van der Waals surface area contributed by atoms with Crippen molar-refractivity contribution >= 4 is 22.4 Å². The van der Waals surface area contributed by atoms with Gasteiger partial charge in [-0.25, -0.2) is 9.78 Å². The lowest BCUT2D eigenvalue weighted by Crippen LogP contribution is -2.06. The Kier molecular flexibility index (Phi) is 6.07. The molecule has 18 heavy (non-hydrogen) atoms. The number of carboxylic acid groups (broad SMARTS) is 1. The molecule has 1 aromatic rings. The number of unbranched alkanes of at least 4 members (excludes halogenated alkanes) is 1. The van der Waals surface area contributed by atoms with Gasteiger partial charge in [-0.1, -0.05) is 11.3 Å². The minimum atomic E-state index is -0.914. The third-order valence-electron chi connectivity index (χ3n) is 2.29. The molecular weight excluding hydrogens is 252 g/mol.